The van der Waals surface area contributed by atoms with Gasteiger partial charge in [0.1, 0.15) is 0 Å². The molecule has 20 heavy (non-hydrogen) atoms. The van der Waals surface area contributed by atoms with Gasteiger partial charge in [0.15, 0.2) is 0 Å². The summed E-state index contributed by atoms with van der Waals surface area (Å²) < 4.78 is 2.19. The first-order chi connectivity index (χ1) is 9.65. The molecule has 5 heteroatoms. The summed E-state index contributed by atoms with van der Waals surface area (Å²) in [6, 6.07) is 11.2. The highest BCUT2D eigenvalue weighted by atomic mass is 35.5. The van der Waals surface area contributed by atoms with E-state index in [0.29, 0.717) is 11.6 Å². The summed E-state index contributed by atoms with van der Waals surface area (Å²) in [6.45, 7) is 3.59. The van der Waals surface area contributed by atoms with Crippen LogP contribution in [0.2, 0.25) is 5.02 Å². The summed E-state index contributed by atoms with van der Waals surface area (Å²) in [6.07, 6.45) is 2.06. The fourth-order valence-corrected chi connectivity index (χ4v) is 2.71. The largest absolute Gasteiger partial charge is 0.348 e. The molecular weight excluding hydrogens is 274 g/mol. The molecular formula is C15H16ClN3O. The van der Waals surface area contributed by atoms with E-state index in [4.69, 9.17) is 11.6 Å². The van der Waals surface area contributed by atoms with Gasteiger partial charge in [0.2, 0.25) is 0 Å². The highest BCUT2D eigenvalue weighted by Gasteiger charge is 2.27. The van der Waals surface area contributed by atoms with Crippen LogP contribution < -0.4 is 5.32 Å². The number of carbonyl (C=O) groups excluding carboxylic acids is 1. The molecule has 2 aromatic rings. The van der Waals surface area contributed by atoms with Gasteiger partial charge in [-0.2, -0.15) is 0 Å². The van der Waals surface area contributed by atoms with E-state index in [2.05, 4.69) is 22.1 Å². The first-order valence-corrected chi connectivity index (χ1v) is 7.01. The van der Waals surface area contributed by atoms with Crippen molar-refractivity contribution in [2.45, 2.75) is 19.5 Å². The van der Waals surface area contributed by atoms with Crippen LogP contribution in [0.5, 0.6) is 0 Å². The van der Waals surface area contributed by atoms with Crippen LogP contribution in [0.15, 0.2) is 42.6 Å². The summed E-state index contributed by atoms with van der Waals surface area (Å²) in [5, 5.41) is 3.57. The number of anilines is 1. The van der Waals surface area contributed by atoms with Gasteiger partial charge in [-0.25, -0.2) is 4.79 Å². The average molecular weight is 290 g/mol. The minimum Gasteiger partial charge on any atom is -0.348 e. The predicted molar refractivity (Wildman–Crippen MR) is 80.0 cm³/mol. The Bertz CT molecular complexity index is 620. The number of rotatable bonds is 1. The standard InChI is InChI=1S/C15H16ClN3O/c1-11-14-3-2-8-18(14)9-10-19(11)15(20)17-13-6-4-12(16)5-7-13/h2-8,11H,9-10H2,1H3,(H,17,20). The molecule has 1 N–H and O–H groups in total. The van der Waals surface area contributed by atoms with Gasteiger partial charge in [0.25, 0.3) is 0 Å². The number of amides is 2. The van der Waals surface area contributed by atoms with Crippen LogP contribution in [-0.2, 0) is 6.54 Å². The van der Waals surface area contributed by atoms with Crippen molar-refractivity contribution in [3.8, 4) is 0 Å². The molecule has 1 aromatic carbocycles. The van der Waals surface area contributed by atoms with Crippen molar-refractivity contribution < 1.29 is 4.79 Å². The van der Waals surface area contributed by atoms with Gasteiger partial charge in [0, 0.05) is 35.7 Å². The summed E-state index contributed by atoms with van der Waals surface area (Å²) in [5.41, 5.74) is 1.93. The second kappa shape index (κ2) is 5.21. The molecule has 1 atom stereocenters. The summed E-state index contributed by atoms with van der Waals surface area (Å²) in [7, 11) is 0. The Balaban J connectivity index is 1.73. The molecule has 0 aliphatic carbocycles. The van der Waals surface area contributed by atoms with Crippen LogP contribution in [0.25, 0.3) is 0 Å². The number of halogens is 1. The number of fused-ring (bicyclic) bond motifs is 1. The number of hydrogen-bond acceptors (Lipinski definition) is 1. The highest BCUT2D eigenvalue weighted by Crippen LogP contribution is 2.26. The minimum absolute atomic E-state index is 0.0750. The smallest absolute Gasteiger partial charge is 0.322 e. The van der Waals surface area contributed by atoms with Gasteiger partial charge >= 0.3 is 6.03 Å². The molecule has 1 unspecified atom stereocenters. The lowest BCUT2D eigenvalue weighted by Crippen LogP contribution is -2.42. The van der Waals surface area contributed by atoms with Crippen LogP contribution >= 0.6 is 11.6 Å². The lowest BCUT2D eigenvalue weighted by Gasteiger charge is -2.34. The van der Waals surface area contributed by atoms with Crippen LogP contribution in [0.4, 0.5) is 10.5 Å². The molecule has 0 radical (unpaired) electrons. The van der Waals surface area contributed by atoms with Gasteiger partial charge in [-0.1, -0.05) is 11.6 Å². The fourth-order valence-electron chi connectivity index (χ4n) is 2.58. The molecule has 0 fully saturated rings. The number of nitrogens with zero attached hydrogens (tertiary/aromatic N) is 2. The van der Waals surface area contributed by atoms with Gasteiger partial charge in [-0.15, -0.1) is 0 Å². The average Bonchev–Trinajstić information content (AvgIpc) is 2.91. The van der Waals surface area contributed by atoms with E-state index in [9.17, 15) is 4.79 Å². The normalized spacial score (nSPS) is 17.7. The van der Waals surface area contributed by atoms with Gasteiger partial charge < -0.3 is 14.8 Å². The lowest BCUT2D eigenvalue weighted by molar-refractivity contribution is 0.175. The third-order valence-corrected chi connectivity index (χ3v) is 3.95. The van der Waals surface area contributed by atoms with Gasteiger partial charge in [0.05, 0.1) is 6.04 Å². The van der Waals surface area contributed by atoms with Crippen molar-refractivity contribution >= 4 is 23.3 Å². The molecule has 2 heterocycles. The third kappa shape index (κ3) is 2.39. The van der Waals surface area contributed by atoms with E-state index >= 15 is 0 Å². The maximum Gasteiger partial charge on any atom is 0.322 e. The minimum atomic E-state index is -0.0766. The molecule has 0 saturated carbocycles. The fraction of sp³-hybridized carbons (Fsp3) is 0.267. The van der Waals surface area contributed by atoms with Crippen LogP contribution in [0.1, 0.15) is 18.7 Å². The van der Waals surface area contributed by atoms with E-state index in [0.717, 1.165) is 12.2 Å². The Kier molecular flexibility index (Phi) is 3.40. The molecule has 0 spiro atoms. The molecule has 1 aliphatic heterocycles. The van der Waals surface area contributed by atoms with E-state index in [-0.39, 0.29) is 12.1 Å². The number of benzene rings is 1. The topological polar surface area (TPSA) is 37.3 Å². The first kappa shape index (κ1) is 13.1. The number of aromatic nitrogens is 1. The molecule has 0 saturated heterocycles. The molecule has 104 valence electrons. The zero-order chi connectivity index (χ0) is 14.1. The molecule has 4 nitrogen and oxygen atoms in total. The summed E-state index contributed by atoms with van der Waals surface area (Å²) in [5.74, 6) is 0. The SMILES string of the molecule is CC1c2cccn2CCN1C(=O)Nc1ccc(Cl)cc1. The monoisotopic (exact) mass is 289 g/mol. The predicted octanol–water partition coefficient (Wildman–Crippen LogP) is 3.75. The second-order valence-electron chi connectivity index (χ2n) is 4.93. The molecule has 3 rings (SSSR count). The van der Waals surface area contributed by atoms with Crippen molar-refractivity contribution in [1.82, 2.24) is 9.47 Å². The Hall–Kier alpha value is -1.94. The third-order valence-electron chi connectivity index (χ3n) is 3.70. The van der Waals surface area contributed by atoms with Crippen LogP contribution in [0, 0.1) is 0 Å². The quantitative estimate of drug-likeness (QED) is 0.853. The zero-order valence-corrected chi connectivity index (χ0v) is 12.0. The van der Waals surface area contributed by atoms with Crippen molar-refractivity contribution in [2.75, 3.05) is 11.9 Å². The number of carbonyl (C=O) groups is 1. The van der Waals surface area contributed by atoms with Gasteiger partial charge in [-0.05, 0) is 43.3 Å². The summed E-state index contributed by atoms with van der Waals surface area (Å²) >= 11 is 5.84. The zero-order valence-electron chi connectivity index (χ0n) is 11.2. The Morgan fingerprint density at radius 2 is 2.00 bits per heavy atom. The number of hydrogen-bond donors (Lipinski definition) is 1. The molecule has 0 bridgehead atoms. The van der Waals surface area contributed by atoms with Crippen molar-refractivity contribution in [3.05, 3.63) is 53.3 Å². The Morgan fingerprint density at radius 3 is 2.75 bits per heavy atom. The molecule has 2 amide bonds. The Labute approximate surface area is 123 Å². The first-order valence-electron chi connectivity index (χ1n) is 6.63. The number of nitrogens with one attached hydrogen (secondary N) is 1. The second-order valence-corrected chi connectivity index (χ2v) is 5.37. The maximum absolute atomic E-state index is 12.4. The van der Waals surface area contributed by atoms with E-state index in [1.807, 2.05) is 17.9 Å². The Morgan fingerprint density at radius 1 is 1.25 bits per heavy atom. The van der Waals surface area contributed by atoms with Crippen molar-refractivity contribution in [3.63, 3.8) is 0 Å². The van der Waals surface area contributed by atoms with Crippen LogP contribution in [-0.4, -0.2) is 22.0 Å². The van der Waals surface area contributed by atoms with Crippen molar-refractivity contribution in [2.24, 2.45) is 0 Å². The highest BCUT2D eigenvalue weighted by molar-refractivity contribution is 6.30. The van der Waals surface area contributed by atoms with Crippen LogP contribution in [0.3, 0.4) is 0 Å². The molecule has 1 aromatic heterocycles. The number of urea groups is 1. The maximum atomic E-state index is 12.4. The van der Waals surface area contributed by atoms with E-state index in [1.165, 1.54) is 5.69 Å². The van der Waals surface area contributed by atoms with E-state index < -0.39 is 0 Å². The molecule has 1 aliphatic rings. The van der Waals surface area contributed by atoms with E-state index in [1.54, 1.807) is 24.3 Å². The van der Waals surface area contributed by atoms with Crippen molar-refractivity contribution in [1.29, 1.82) is 0 Å². The van der Waals surface area contributed by atoms with Gasteiger partial charge in [-0.3, -0.25) is 0 Å². The lowest BCUT2D eigenvalue weighted by atomic mass is 10.1. The summed E-state index contributed by atoms with van der Waals surface area (Å²) in [4.78, 5) is 14.2.